The Morgan fingerprint density at radius 3 is 2.54 bits per heavy atom. The summed E-state index contributed by atoms with van der Waals surface area (Å²) in [7, 11) is 0. The summed E-state index contributed by atoms with van der Waals surface area (Å²) < 4.78 is 19.9. The standard InChI is InChI=1S/C21H22N2O4S/c1-3-9-23-16-12-17-18(27-11-10-26-17)13-19(16)28-21(23)22-20(24)14-5-7-15(8-6-14)25-4-2/h5-8,12-13H,3-4,9-11H2,1-2H3. The highest BCUT2D eigenvalue weighted by molar-refractivity contribution is 7.16. The van der Waals surface area contributed by atoms with E-state index in [1.807, 2.05) is 19.1 Å². The van der Waals surface area contributed by atoms with Gasteiger partial charge in [0, 0.05) is 24.2 Å². The Labute approximate surface area is 167 Å². The maximum absolute atomic E-state index is 12.7. The summed E-state index contributed by atoms with van der Waals surface area (Å²) in [5.41, 5.74) is 1.55. The molecule has 28 heavy (non-hydrogen) atoms. The van der Waals surface area contributed by atoms with Gasteiger partial charge in [-0.1, -0.05) is 18.3 Å². The molecule has 1 amide bonds. The van der Waals surface area contributed by atoms with Crippen LogP contribution in [0.3, 0.4) is 0 Å². The Balaban J connectivity index is 1.75. The molecule has 0 bridgehead atoms. The first kappa shape index (κ1) is 18.6. The van der Waals surface area contributed by atoms with Gasteiger partial charge in [-0.15, -0.1) is 0 Å². The molecule has 0 N–H and O–H groups in total. The third kappa shape index (κ3) is 3.62. The number of hydrogen-bond donors (Lipinski definition) is 0. The summed E-state index contributed by atoms with van der Waals surface area (Å²) in [6.07, 6.45) is 0.935. The Bertz CT molecular complexity index is 1070. The maximum atomic E-state index is 12.7. The van der Waals surface area contributed by atoms with Crippen LogP contribution in [0.5, 0.6) is 17.2 Å². The number of aryl methyl sites for hydroxylation is 1. The summed E-state index contributed by atoms with van der Waals surface area (Å²) in [6.45, 7) is 6.49. The van der Waals surface area contributed by atoms with Gasteiger partial charge in [0.05, 0.1) is 16.8 Å². The second kappa shape index (κ2) is 8.06. The van der Waals surface area contributed by atoms with E-state index in [2.05, 4.69) is 16.5 Å². The molecule has 1 aliphatic heterocycles. The predicted molar refractivity (Wildman–Crippen MR) is 109 cm³/mol. The van der Waals surface area contributed by atoms with Gasteiger partial charge in [-0.05, 0) is 37.6 Å². The van der Waals surface area contributed by atoms with E-state index in [0.717, 1.165) is 40.4 Å². The third-order valence-electron chi connectivity index (χ3n) is 4.40. The van der Waals surface area contributed by atoms with Crippen molar-refractivity contribution in [1.29, 1.82) is 0 Å². The molecule has 7 heteroatoms. The van der Waals surface area contributed by atoms with Gasteiger partial charge in [0.2, 0.25) is 0 Å². The van der Waals surface area contributed by atoms with Gasteiger partial charge in [0.15, 0.2) is 16.3 Å². The van der Waals surface area contributed by atoms with Crippen LogP contribution >= 0.6 is 11.3 Å². The molecule has 0 radical (unpaired) electrons. The minimum atomic E-state index is -0.267. The van der Waals surface area contributed by atoms with E-state index in [1.165, 1.54) is 11.3 Å². The fraction of sp³-hybridized carbons (Fsp3) is 0.333. The average molecular weight is 398 g/mol. The number of amides is 1. The number of carbonyl (C=O) groups is 1. The highest BCUT2D eigenvalue weighted by Gasteiger charge is 2.16. The second-order valence-electron chi connectivity index (χ2n) is 6.37. The van der Waals surface area contributed by atoms with Gasteiger partial charge in [-0.25, -0.2) is 0 Å². The molecule has 0 spiro atoms. The second-order valence-corrected chi connectivity index (χ2v) is 7.38. The van der Waals surface area contributed by atoms with Crippen molar-refractivity contribution in [3.05, 3.63) is 46.8 Å². The molecule has 4 rings (SSSR count). The van der Waals surface area contributed by atoms with Crippen LogP contribution < -0.4 is 19.0 Å². The summed E-state index contributed by atoms with van der Waals surface area (Å²) in [6, 6.07) is 11.0. The number of carbonyl (C=O) groups excluding carboxylic acids is 1. The van der Waals surface area contributed by atoms with Crippen molar-refractivity contribution in [3.8, 4) is 17.2 Å². The quantitative estimate of drug-likeness (QED) is 0.651. The van der Waals surface area contributed by atoms with Crippen molar-refractivity contribution in [3.63, 3.8) is 0 Å². The van der Waals surface area contributed by atoms with Gasteiger partial charge in [-0.3, -0.25) is 4.79 Å². The first-order valence-electron chi connectivity index (χ1n) is 9.44. The molecule has 2 aromatic carbocycles. The number of aromatic nitrogens is 1. The molecular formula is C21H22N2O4S. The van der Waals surface area contributed by atoms with Gasteiger partial charge >= 0.3 is 0 Å². The summed E-state index contributed by atoms with van der Waals surface area (Å²) in [4.78, 5) is 17.8. The zero-order valence-electron chi connectivity index (χ0n) is 15.9. The normalized spacial score (nSPS) is 13.7. The van der Waals surface area contributed by atoms with Crippen LogP contribution in [-0.4, -0.2) is 30.3 Å². The van der Waals surface area contributed by atoms with E-state index in [1.54, 1.807) is 24.3 Å². The number of rotatable bonds is 5. The van der Waals surface area contributed by atoms with Crippen LogP contribution in [0.4, 0.5) is 0 Å². The lowest BCUT2D eigenvalue weighted by atomic mass is 10.2. The van der Waals surface area contributed by atoms with Crippen LogP contribution in [0.2, 0.25) is 0 Å². The van der Waals surface area contributed by atoms with Crippen molar-refractivity contribution in [2.24, 2.45) is 4.99 Å². The van der Waals surface area contributed by atoms with Crippen LogP contribution in [0, 0.1) is 0 Å². The molecule has 0 unspecified atom stereocenters. The van der Waals surface area contributed by atoms with Crippen molar-refractivity contribution >= 4 is 27.5 Å². The van der Waals surface area contributed by atoms with E-state index in [-0.39, 0.29) is 5.91 Å². The Kier molecular flexibility index (Phi) is 5.34. The van der Waals surface area contributed by atoms with Crippen molar-refractivity contribution < 1.29 is 19.0 Å². The molecule has 2 heterocycles. The van der Waals surface area contributed by atoms with E-state index < -0.39 is 0 Å². The topological polar surface area (TPSA) is 62.1 Å². The Hall–Kier alpha value is -2.80. The first-order valence-corrected chi connectivity index (χ1v) is 10.3. The fourth-order valence-electron chi connectivity index (χ4n) is 3.14. The molecule has 0 fully saturated rings. The van der Waals surface area contributed by atoms with Crippen molar-refractivity contribution in [2.45, 2.75) is 26.8 Å². The summed E-state index contributed by atoms with van der Waals surface area (Å²) >= 11 is 1.49. The Morgan fingerprint density at radius 2 is 1.86 bits per heavy atom. The molecule has 0 atom stereocenters. The molecule has 1 aliphatic rings. The zero-order chi connectivity index (χ0) is 19.5. The van der Waals surface area contributed by atoms with Gasteiger partial charge in [0.25, 0.3) is 5.91 Å². The van der Waals surface area contributed by atoms with Crippen LogP contribution in [0.1, 0.15) is 30.6 Å². The molecule has 1 aromatic heterocycles. The van der Waals surface area contributed by atoms with E-state index in [0.29, 0.717) is 30.2 Å². The highest BCUT2D eigenvalue weighted by atomic mass is 32.1. The number of thiazole rings is 1. The number of nitrogens with zero attached hydrogens (tertiary/aromatic N) is 2. The van der Waals surface area contributed by atoms with Crippen molar-refractivity contribution in [1.82, 2.24) is 4.57 Å². The molecule has 0 aliphatic carbocycles. The molecule has 146 valence electrons. The molecular weight excluding hydrogens is 376 g/mol. The van der Waals surface area contributed by atoms with Crippen molar-refractivity contribution in [2.75, 3.05) is 19.8 Å². The molecule has 6 nitrogen and oxygen atoms in total. The van der Waals surface area contributed by atoms with Gasteiger partial charge in [0.1, 0.15) is 19.0 Å². The molecule has 3 aromatic rings. The maximum Gasteiger partial charge on any atom is 0.279 e. The fourth-order valence-corrected chi connectivity index (χ4v) is 4.21. The number of fused-ring (bicyclic) bond motifs is 2. The first-order chi connectivity index (χ1) is 13.7. The van der Waals surface area contributed by atoms with Gasteiger partial charge < -0.3 is 18.8 Å². The predicted octanol–water partition coefficient (Wildman–Crippen LogP) is 4.02. The lowest BCUT2D eigenvalue weighted by Crippen LogP contribution is -2.17. The minimum absolute atomic E-state index is 0.267. The number of hydrogen-bond acceptors (Lipinski definition) is 5. The van der Waals surface area contributed by atoms with E-state index in [4.69, 9.17) is 14.2 Å². The van der Waals surface area contributed by atoms with Crippen LogP contribution in [0.15, 0.2) is 41.4 Å². The van der Waals surface area contributed by atoms with E-state index >= 15 is 0 Å². The average Bonchev–Trinajstić information content (AvgIpc) is 3.03. The summed E-state index contributed by atoms with van der Waals surface area (Å²) in [5, 5.41) is 0. The Morgan fingerprint density at radius 1 is 1.14 bits per heavy atom. The van der Waals surface area contributed by atoms with E-state index in [9.17, 15) is 4.79 Å². The number of ether oxygens (including phenoxy) is 3. The smallest absolute Gasteiger partial charge is 0.279 e. The summed E-state index contributed by atoms with van der Waals surface area (Å²) in [5.74, 6) is 1.96. The monoisotopic (exact) mass is 398 g/mol. The minimum Gasteiger partial charge on any atom is -0.494 e. The number of benzene rings is 2. The molecule has 0 saturated carbocycles. The lowest BCUT2D eigenvalue weighted by molar-refractivity contribution is 0.0998. The largest absolute Gasteiger partial charge is 0.494 e. The zero-order valence-corrected chi connectivity index (χ0v) is 16.8. The lowest BCUT2D eigenvalue weighted by Gasteiger charge is -2.18. The van der Waals surface area contributed by atoms with Crippen LogP contribution in [-0.2, 0) is 6.54 Å². The van der Waals surface area contributed by atoms with Gasteiger partial charge in [-0.2, -0.15) is 4.99 Å². The SMILES string of the molecule is CCCn1c(=NC(=O)c2ccc(OCC)cc2)sc2cc3c(cc21)OCCO3. The highest BCUT2D eigenvalue weighted by Crippen LogP contribution is 2.35. The van der Waals surface area contributed by atoms with Crippen LogP contribution in [0.25, 0.3) is 10.2 Å². The third-order valence-corrected chi connectivity index (χ3v) is 5.44. The molecule has 0 saturated heterocycles.